The van der Waals surface area contributed by atoms with Gasteiger partial charge in [-0.1, -0.05) is 77.2 Å². The Morgan fingerprint density at radius 3 is 2.59 bits per heavy atom. The van der Waals surface area contributed by atoms with Crippen LogP contribution in [0.25, 0.3) is 0 Å². The van der Waals surface area contributed by atoms with Crippen molar-refractivity contribution in [3.63, 3.8) is 0 Å². The number of carbonyl (C=O) groups excluding carboxylic acids is 1. The van der Waals surface area contributed by atoms with Crippen molar-refractivity contribution in [2.45, 2.75) is 32.4 Å². The van der Waals surface area contributed by atoms with E-state index in [4.69, 9.17) is 9.47 Å². The van der Waals surface area contributed by atoms with E-state index >= 15 is 0 Å². The molecule has 0 saturated carbocycles. The van der Waals surface area contributed by atoms with Crippen LogP contribution in [0.4, 0.5) is 0 Å². The molecule has 29 heavy (non-hydrogen) atoms. The minimum Gasteiger partial charge on any atom is -0.477 e. The molecule has 0 fully saturated rings. The van der Waals surface area contributed by atoms with Crippen LogP contribution in [0.3, 0.4) is 0 Å². The van der Waals surface area contributed by atoms with Gasteiger partial charge in [0.25, 0.3) is 0 Å². The van der Waals surface area contributed by atoms with Crippen LogP contribution in [0.1, 0.15) is 39.2 Å². The monoisotopic (exact) mass is 502 g/mol. The molecule has 0 N–H and O–H groups in total. The molecule has 0 bridgehead atoms. The highest BCUT2D eigenvalue weighted by molar-refractivity contribution is 14.1. The Bertz CT molecular complexity index is 968. The Morgan fingerprint density at radius 1 is 1.07 bits per heavy atom. The standard InChI is InChI=1S/C23H23IN2O3/c24-12-11-17-7-9-18(10-8-17)15-20-21(22-26(25-20)13-4-14-28-22)23(27)29-16-19-5-2-1-3-6-19/h1-3,5-10H,4,11-16H2. The van der Waals surface area contributed by atoms with Crippen LogP contribution in [0.2, 0.25) is 0 Å². The van der Waals surface area contributed by atoms with E-state index in [1.807, 2.05) is 30.3 Å². The van der Waals surface area contributed by atoms with Gasteiger partial charge in [-0.25, -0.2) is 9.48 Å². The van der Waals surface area contributed by atoms with E-state index < -0.39 is 0 Å². The second-order valence-electron chi connectivity index (χ2n) is 7.05. The third-order valence-corrected chi connectivity index (χ3v) is 5.47. The number of hydrogen-bond acceptors (Lipinski definition) is 4. The zero-order chi connectivity index (χ0) is 20.1. The van der Waals surface area contributed by atoms with Crippen LogP contribution < -0.4 is 4.74 Å². The van der Waals surface area contributed by atoms with Gasteiger partial charge in [0.05, 0.1) is 12.3 Å². The van der Waals surface area contributed by atoms with E-state index in [0.29, 0.717) is 30.2 Å². The fraction of sp³-hybridized carbons (Fsp3) is 0.304. The molecule has 5 nitrogen and oxygen atoms in total. The highest BCUT2D eigenvalue weighted by Gasteiger charge is 2.28. The Hall–Kier alpha value is -2.35. The first-order chi connectivity index (χ1) is 14.2. The molecule has 0 aliphatic carbocycles. The fourth-order valence-corrected chi connectivity index (χ4v) is 4.05. The molecular weight excluding hydrogens is 479 g/mol. The number of fused-ring (bicyclic) bond motifs is 1. The summed E-state index contributed by atoms with van der Waals surface area (Å²) in [6, 6.07) is 18.2. The number of aryl methyl sites for hydroxylation is 2. The third-order valence-electron chi connectivity index (χ3n) is 4.93. The van der Waals surface area contributed by atoms with Gasteiger partial charge in [-0.3, -0.25) is 0 Å². The molecule has 1 aromatic heterocycles. The summed E-state index contributed by atoms with van der Waals surface area (Å²) in [5.41, 5.74) is 4.56. The highest BCUT2D eigenvalue weighted by Crippen LogP contribution is 2.29. The van der Waals surface area contributed by atoms with Crippen molar-refractivity contribution in [3.8, 4) is 5.88 Å². The van der Waals surface area contributed by atoms with Crippen molar-refractivity contribution >= 4 is 28.6 Å². The summed E-state index contributed by atoms with van der Waals surface area (Å²) in [6.07, 6.45) is 2.52. The van der Waals surface area contributed by atoms with Gasteiger partial charge < -0.3 is 9.47 Å². The van der Waals surface area contributed by atoms with Crippen LogP contribution >= 0.6 is 22.6 Å². The molecule has 0 atom stereocenters. The zero-order valence-electron chi connectivity index (χ0n) is 16.1. The molecule has 1 aliphatic heterocycles. The number of halogens is 1. The molecule has 0 radical (unpaired) electrons. The minimum atomic E-state index is -0.381. The lowest BCUT2D eigenvalue weighted by molar-refractivity contribution is 0.0465. The smallest absolute Gasteiger partial charge is 0.345 e. The first-order valence-corrected chi connectivity index (χ1v) is 11.3. The number of alkyl halides is 1. The molecule has 3 aromatic rings. The molecule has 0 saturated heterocycles. The highest BCUT2D eigenvalue weighted by atomic mass is 127. The van der Waals surface area contributed by atoms with Gasteiger partial charge in [-0.15, -0.1) is 0 Å². The number of rotatable bonds is 7. The van der Waals surface area contributed by atoms with E-state index in [9.17, 15) is 4.79 Å². The van der Waals surface area contributed by atoms with Crippen molar-refractivity contribution in [1.82, 2.24) is 9.78 Å². The first-order valence-electron chi connectivity index (χ1n) is 9.82. The van der Waals surface area contributed by atoms with Crippen LogP contribution in [0, 0.1) is 0 Å². The Kier molecular flexibility index (Phi) is 6.49. The maximum Gasteiger partial charge on any atom is 0.345 e. The molecule has 150 valence electrons. The molecular formula is C23H23IN2O3. The maximum absolute atomic E-state index is 12.9. The largest absolute Gasteiger partial charge is 0.477 e. The molecule has 0 amide bonds. The molecule has 2 heterocycles. The first kappa shape index (κ1) is 19.9. The topological polar surface area (TPSA) is 53.3 Å². The predicted molar refractivity (Wildman–Crippen MR) is 120 cm³/mol. The minimum absolute atomic E-state index is 0.231. The predicted octanol–water partition coefficient (Wildman–Crippen LogP) is 4.59. The average Bonchev–Trinajstić information content (AvgIpc) is 3.12. The molecule has 0 unspecified atom stereocenters. The number of aromatic nitrogens is 2. The van der Waals surface area contributed by atoms with Gasteiger partial charge in [0.2, 0.25) is 5.88 Å². The van der Waals surface area contributed by atoms with Crippen LogP contribution in [-0.2, 0) is 30.7 Å². The lowest BCUT2D eigenvalue weighted by atomic mass is 10.0. The van der Waals surface area contributed by atoms with E-state index in [2.05, 4.69) is 52.0 Å². The van der Waals surface area contributed by atoms with E-state index in [-0.39, 0.29) is 12.6 Å². The van der Waals surface area contributed by atoms with Crippen molar-refractivity contribution in [3.05, 3.63) is 82.5 Å². The van der Waals surface area contributed by atoms with Gasteiger partial charge in [-0.05, 0) is 23.1 Å². The Labute approximate surface area is 184 Å². The van der Waals surface area contributed by atoms with Crippen LogP contribution in [-0.4, -0.2) is 26.8 Å². The number of hydrogen-bond donors (Lipinski definition) is 0. The van der Waals surface area contributed by atoms with Crippen molar-refractivity contribution < 1.29 is 14.3 Å². The summed E-state index contributed by atoms with van der Waals surface area (Å²) >= 11 is 2.38. The molecule has 4 rings (SSSR count). The molecule has 6 heteroatoms. The number of esters is 1. The SMILES string of the molecule is O=C(OCc1ccccc1)c1c(Cc2ccc(CCI)cc2)nn2c1OCCC2. The van der Waals surface area contributed by atoms with E-state index in [0.717, 1.165) is 34.9 Å². The Morgan fingerprint density at radius 2 is 1.83 bits per heavy atom. The van der Waals surface area contributed by atoms with Gasteiger partial charge in [0.15, 0.2) is 0 Å². The van der Waals surface area contributed by atoms with Gasteiger partial charge in [0.1, 0.15) is 12.2 Å². The van der Waals surface area contributed by atoms with Gasteiger partial charge >= 0.3 is 5.97 Å². The van der Waals surface area contributed by atoms with Gasteiger partial charge in [-0.2, -0.15) is 5.10 Å². The van der Waals surface area contributed by atoms with E-state index in [1.54, 1.807) is 4.68 Å². The summed E-state index contributed by atoms with van der Waals surface area (Å²) < 4.78 is 14.3. The number of carbonyl (C=O) groups is 1. The summed E-state index contributed by atoms with van der Waals surface area (Å²) in [5, 5.41) is 4.67. The van der Waals surface area contributed by atoms with E-state index in [1.165, 1.54) is 5.56 Å². The summed E-state index contributed by atoms with van der Waals surface area (Å²) in [6.45, 7) is 1.58. The quantitative estimate of drug-likeness (QED) is 0.270. The number of nitrogens with zero attached hydrogens (tertiary/aromatic N) is 2. The Balaban J connectivity index is 1.56. The molecule has 1 aliphatic rings. The fourth-order valence-electron chi connectivity index (χ4n) is 3.43. The summed E-state index contributed by atoms with van der Waals surface area (Å²) in [7, 11) is 0. The average molecular weight is 502 g/mol. The maximum atomic E-state index is 12.9. The van der Waals surface area contributed by atoms with Gasteiger partial charge in [0, 0.05) is 23.8 Å². The zero-order valence-corrected chi connectivity index (χ0v) is 18.3. The van der Waals surface area contributed by atoms with Crippen molar-refractivity contribution in [2.24, 2.45) is 0 Å². The number of benzene rings is 2. The lowest BCUT2D eigenvalue weighted by Crippen LogP contribution is -2.17. The van der Waals surface area contributed by atoms with Crippen molar-refractivity contribution in [2.75, 3.05) is 11.0 Å². The number of ether oxygens (including phenoxy) is 2. The molecule has 0 spiro atoms. The summed E-state index contributed by atoms with van der Waals surface area (Å²) in [5.74, 6) is 0.152. The van der Waals surface area contributed by atoms with Crippen LogP contribution in [0.5, 0.6) is 5.88 Å². The normalized spacial score (nSPS) is 12.9. The van der Waals surface area contributed by atoms with Crippen molar-refractivity contribution in [1.29, 1.82) is 0 Å². The summed E-state index contributed by atoms with van der Waals surface area (Å²) in [4.78, 5) is 12.9. The second kappa shape index (κ2) is 9.43. The molecule has 2 aromatic carbocycles. The van der Waals surface area contributed by atoms with Crippen LogP contribution in [0.15, 0.2) is 54.6 Å². The third kappa shape index (κ3) is 4.80. The lowest BCUT2D eigenvalue weighted by Gasteiger charge is -2.15. The second-order valence-corrected chi connectivity index (χ2v) is 8.12.